The van der Waals surface area contributed by atoms with Crippen molar-refractivity contribution in [1.29, 1.82) is 0 Å². The average molecular weight is 353 g/mol. The van der Waals surface area contributed by atoms with Gasteiger partial charge in [-0.15, -0.1) is 0 Å². The molecule has 1 aromatic carbocycles. The molecule has 0 amide bonds. The van der Waals surface area contributed by atoms with Gasteiger partial charge in [0.15, 0.2) is 11.5 Å². The third-order valence-corrected chi connectivity index (χ3v) is 3.74. The first-order chi connectivity index (χ1) is 12.5. The summed E-state index contributed by atoms with van der Waals surface area (Å²) in [6.45, 7) is 1.74. The Labute approximate surface area is 144 Å². The molecule has 26 heavy (non-hydrogen) atoms. The summed E-state index contributed by atoms with van der Waals surface area (Å²) in [5, 5.41) is 19.2. The zero-order chi connectivity index (χ0) is 18.3. The number of nitrogens with zero attached hydrogens (tertiary/aromatic N) is 7. The zero-order valence-corrected chi connectivity index (χ0v) is 13.4. The minimum Gasteiger partial charge on any atom is -0.337 e. The molecule has 3 aromatic heterocycles. The van der Waals surface area contributed by atoms with E-state index in [2.05, 4.69) is 20.2 Å². The van der Waals surface area contributed by atoms with E-state index in [-0.39, 0.29) is 40.4 Å². The molecule has 11 heteroatoms. The van der Waals surface area contributed by atoms with Crippen LogP contribution < -0.4 is 5.56 Å². The molecule has 4 rings (SSSR count). The van der Waals surface area contributed by atoms with Gasteiger partial charge in [0.25, 0.3) is 11.2 Å². The summed E-state index contributed by atoms with van der Waals surface area (Å²) < 4.78 is 7.59. The minimum absolute atomic E-state index is 0.0687. The predicted octanol–water partition coefficient (Wildman–Crippen LogP) is 1.23. The largest absolute Gasteiger partial charge is 0.337 e. The monoisotopic (exact) mass is 353 g/mol. The van der Waals surface area contributed by atoms with Crippen molar-refractivity contribution in [2.45, 2.75) is 13.5 Å². The molecule has 130 valence electrons. The van der Waals surface area contributed by atoms with Crippen molar-refractivity contribution in [3.05, 3.63) is 69.0 Å². The van der Waals surface area contributed by atoms with Gasteiger partial charge in [-0.3, -0.25) is 19.5 Å². The van der Waals surface area contributed by atoms with Crippen LogP contribution in [0.2, 0.25) is 0 Å². The van der Waals surface area contributed by atoms with E-state index in [0.29, 0.717) is 5.82 Å². The Morgan fingerprint density at radius 1 is 1.31 bits per heavy atom. The van der Waals surface area contributed by atoms with E-state index >= 15 is 0 Å². The number of para-hydroxylation sites is 2. The van der Waals surface area contributed by atoms with Gasteiger partial charge in [-0.2, -0.15) is 10.1 Å². The highest BCUT2D eigenvalue weighted by Crippen LogP contribution is 2.23. The number of aryl methyl sites for hydroxylation is 1. The summed E-state index contributed by atoms with van der Waals surface area (Å²) in [4.78, 5) is 31.7. The Morgan fingerprint density at radius 2 is 2.12 bits per heavy atom. The molecule has 0 spiro atoms. The number of aromatic nitrogens is 6. The molecule has 0 fully saturated rings. The third-order valence-electron chi connectivity index (χ3n) is 3.74. The summed E-state index contributed by atoms with van der Waals surface area (Å²) in [6.07, 6.45) is 2.65. The van der Waals surface area contributed by atoms with Gasteiger partial charge in [0.2, 0.25) is 5.89 Å². The average Bonchev–Trinajstić information content (AvgIpc) is 3.24. The van der Waals surface area contributed by atoms with Crippen molar-refractivity contribution < 1.29 is 9.45 Å². The van der Waals surface area contributed by atoms with Crippen LogP contribution in [0, 0.1) is 17.0 Å². The number of hydrogen-bond donors (Lipinski definition) is 0. The number of rotatable bonds is 4. The quantitative estimate of drug-likeness (QED) is 0.395. The van der Waals surface area contributed by atoms with Crippen LogP contribution in [0.4, 0.5) is 5.69 Å². The molecule has 0 aliphatic carbocycles. The minimum atomic E-state index is -0.512. The molecular weight excluding hydrogens is 342 g/mol. The van der Waals surface area contributed by atoms with Gasteiger partial charge in [0.1, 0.15) is 23.9 Å². The standard InChI is InChI=1S/C15H11N7O4/c1-9-18-13(26-19-9)7-20-8-16-14-10(15(20)23)6-17-21(14)11-4-2-3-5-12(11)22(24)25/h2-6,8H,7H2,1H3. The van der Waals surface area contributed by atoms with E-state index in [1.54, 1.807) is 25.1 Å². The lowest BCUT2D eigenvalue weighted by Gasteiger charge is -2.05. The number of fused-ring (bicyclic) bond motifs is 1. The molecule has 0 aliphatic heterocycles. The van der Waals surface area contributed by atoms with Crippen molar-refractivity contribution in [2.75, 3.05) is 0 Å². The number of hydrogen-bond acceptors (Lipinski definition) is 8. The Morgan fingerprint density at radius 3 is 2.85 bits per heavy atom. The van der Waals surface area contributed by atoms with Gasteiger partial charge in [0.05, 0.1) is 11.1 Å². The molecule has 0 bridgehead atoms. The Balaban J connectivity index is 1.82. The van der Waals surface area contributed by atoms with Crippen molar-refractivity contribution in [1.82, 2.24) is 29.5 Å². The molecule has 0 saturated heterocycles. The maximum atomic E-state index is 12.6. The summed E-state index contributed by atoms with van der Waals surface area (Å²) in [5.74, 6) is 0.739. The van der Waals surface area contributed by atoms with Gasteiger partial charge in [-0.25, -0.2) is 9.67 Å². The summed E-state index contributed by atoms with van der Waals surface area (Å²) in [7, 11) is 0. The van der Waals surface area contributed by atoms with Gasteiger partial charge in [0, 0.05) is 6.07 Å². The Hall–Kier alpha value is -3.89. The molecule has 0 radical (unpaired) electrons. The molecule has 11 nitrogen and oxygen atoms in total. The van der Waals surface area contributed by atoms with Gasteiger partial charge in [-0.05, 0) is 13.0 Å². The Kier molecular flexibility index (Phi) is 3.53. The summed E-state index contributed by atoms with van der Waals surface area (Å²) in [6, 6.07) is 6.11. The van der Waals surface area contributed by atoms with E-state index in [4.69, 9.17) is 4.52 Å². The molecule has 4 aromatic rings. The van der Waals surface area contributed by atoms with E-state index < -0.39 is 4.92 Å². The van der Waals surface area contributed by atoms with E-state index in [9.17, 15) is 14.9 Å². The molecule has 0 unspecified atom stereocenters. The van der Waals surface area contributed by atoms with Crippen LogP contribution in [-0.4, -0.2) is 34.4 Å². The summed E-state index contributed by atoms with van der Waals surface area (Å²) >= 11 is 0. The maximum absolute atomic E-state index is 12.6. The molecule has 0 aliphatic rings. The van der Waals surface area contributed by atoms with E-state index in [1.807, 2.05) is 0 Å². The fourth-order valence-corrected chi connectivity index (χ4v) is 2.59. The highest BCUT2D eigenvalue weighted by Gasteiger charge is 2.19. The normalized spacial score (nSPS) is 11.1. The van der Waals surface area contributed by atoms with Crippen LogP contribution in [-0.2, 0) is 6.54 Å². The van der Waals surface area contributed by atoms with Crippen molar-refractivity contribution >= 4 is 16.7 Å². The zero-order valence-electron chi connectivity index (χ0n) is 13.4. The summed E-state index contributed by atoms with van der Waals surface area (Å²) in [5.41, 5.74) is -0.0487. The molecule has 0 saturated carbocycles. The first-order valence-corrected chi connectivity index (χ1v) is 7.51. The van der Waals surface area contributed by atoms with Crippen LogP contribution in [0.5, 0.6) is 0 Å². The predicted molar refractivity (Wildman–Crippen MR) is 87.9 cm³/mol. The maximum Gasteiger partial charge on any atom is 0.294 e. The smallest absolute Gasteiger partial charge is 0.294 e. The SMILES string of the molecule is Cc1noc(Cn2cnc3c(cnn3-c3ccccc3[N+](=O)[O-])c2=O)n1. The second-order valence-corrected chi connectivity index (χ2v) is 5.45. The number of benzene rings is 1. The molecule has 0 atom stereocenters. The lowest BCUT2D eigenvalue weighted by atomic mass is 10.2. The van der Waals surface area contributed by atoms with Gasteiger partial charge < -0.3 is 4.52 Å². The molecule has 0 N–H and O–H groups in total. The first kappa shape index (κ1) is 15.6. The molecule has 3 heterocycles. The second-order valence-electron chi connectivity index (χ2n) is 5.45. The first-order valence-electron chi connectivity index (χ1n) is 7.51. The van der Waals surface area contributed by atoms with Crippen LogP contribution >= 0.6 is 0 Å². The van der Waals surface area contributed by atoms with Crippen LogP contribution in [0.1, 0.15) is 11.7 Å². The topological polar surface area (TPSA) is 135 Å². The van der Waals surface area contributed by atoms with Crippen LogP contribution in [0.3, 0.4) is 0 Å². The van der Waals surface area contributed by atoms with Crippen molar-refractivity contribution in [3.63, 3.8) is 0 Å². The lowest BCUT2D eigenvalue weighted by molar-refractivity contribution is -0.384. The van der Waals surface area contributed by atoms with Crippen molar-refractivity contribution in [3.8, 4) is 5.69 Å². The number of nitro benzene ring substituents is 1. The number of nitro groups is 1. The Bertz CT molecular complexity index is 1190. The molecular formula is C15H11N7O4. The van der Waals surface area contributed by atoms with Crippen LogP contribution in [0.15, 0.2) is 46.1 Å². The van der Waals surface area contributed by atoms with Crippen LogP contribution in [0.25, 0.3) is 16.7 Å². The second kappa shape index (κ2) is 5.88. The fourth-order valence-electron chi connectivity index (χ4n) is 2.59. The van der Waals surface area contributed by atoms with E-state index in [0.717, 1.165) is 0 Å². The highest BCUT2D eigenvalue weighted by molar-refractivity contribution is 5.76. The highest BCUT2D eigenvalue weighted by atomic mass is 16.6. The fraction of sp³-hybridized carbons (Fsp3) is 0.133. The lowest BCUT2D eigenvalue weighted by Crippen LogP contribution is -2.21. The van der Waals surface area contributed by atoms with E-state index in [1.165, 1.54) is 27.8 Å². The van der Waals surface area contributed by atoms with Gasteiger partial charge in [-0.1, -0.05) is 17.3 Å². The van der Waals surface area contributed by atoms with Crippen molar-refractivity contribution in [2.24, 2.45) is 0 Å². The van der Waals surface area contributed by atoms with Gasteiger partial charge >= 0.3 is 0 Å². The third kappa shape index (κ3) is 2.51.